The maximum atomic E-state index is 8.99. The molecule has 0 fully saturated rings. The first-order valence-corrected chi connectivity index (χ1v) is 5.50. The van der Waals surface area contributed by atoms with Crippen LogP contribution in [0.2, 0.25) is 5.02 Å². The van der Waals surface area contributed by atoms with Crippen LogP contribution in [0.15, 0.2) is 24.3 Å². The van der Waals surface area contributed by atoms with Crippen molar-refractivity contribution >= 4 is 23.1 Å². The van der Waals surface area contributed by atoms with Crippen molar-refractivity contribution in [2.24, 2.45) is 0 Å². The maximum absolute atomic E-state index is 8.99. The van der Waals surface area contributed by atoms with Gasteiger partial charge < -0.3 is 0 Å². The minimum absolute atomic E-state index is 0.655. The number of aromatic nitrogens is 1. The highest BCUT2D eigenvalue weighted by molar-refractivity contribution is 7.10. The fourth-order valence-corrected chi connectivity index (χ4v) is 2.27. The fraction of sp³-hybridized carbons (Fsp3) is 0.0909. The monoisotopic (exact) mass is 234 g/mol. The van der Waals surface area contributed by atoms with Gasteiger partial charge in [0.2, 0.25) is 0 Å². The molecule has 2 aromatic rings. The maximum Gasteiger partial charge on any atom is 0.103 e. The van der Waals surface area contributed by atoms with Gasteiger partial charge in [-0.25, -0.2) is 0 Å². The smallest absolute Gasteiger partial charge is 0.103 e. The van der Waals surface area contributed by atoms with Crippen LogP contribution < -0.4 is 0 Å². The molecule has 1 heterocycles. The molecule has 15 heavy (non-hydrogen) atoms. The second-order valence-corrected chi connectivity index (χ2v) is 4.30. The van der Waals surface area contributed by atoms with Gasteiger partial charge >= 0.3 is 0 Å². The first-order valence-electron chi connectivity index (χ1n) is 4.34. The zero-order valence-corrected chi connectivity index (χ0v) is 9.56. The normalized spacial score (nSPS) is 9.93. The lowest BCUT2D eigenvalue weighted by Crippen LogP contribution is -1.79. The van der Waals surface area contributed by atoms with E-state index in [2.05, 4.69) is 10.4 Å². The second kappa shape index (κ2) is 4.01. The molecule has 0 N–H and O–H groups in total. The van der Waals surface area contributed by atoms with Crippen LogP contribution in [0.4, 0.5) is 0 Å². The van der Waals surface area contributed by atoms with Crippen molar-refractivity contribution < 1.29 is 0 Å². The second-order valence-electron chi connectivity index (χ2n) is 3.09. The van der Waals surface area contributed by atoms with E-state index >= 15 is 0 Å². The number of halogens is 1. The summed E-state index contributed by atoms with van der Waals surface area (Å²) in [4.78, 5) is 0.909. The first kappa shape index (κ1) is 10.2. The Morgan fingerprint density at radius 2 is 2.00 bits per heavy atom. The number of benzene rings is 1. The predicted octanol–water partition coefficient (Wildman–Crippen LogP) is 3.64. The quantitative estimate of drug-likeness (QED) is 0.755. The Bertz CT molecular complexity index is 523. The molecule has 0 amide bonds. The van der Waals surface area contributed by atoms with E-state index in [9.17, 15) is 0 Å². The molecule has 0 radical (unpaired) electrons. The van der Waals surface area contributed by atoms with Gasteiger partial charge in [0.15, 0.2) is 0 Å². The predicted molar refractivity (Wildman–Crippen MR) is 62.0 cm³/mol. The number of aryl methyl sites for hydroxylation is 1. The average molecular weight is 235 g/mol. The van der Waals surface area contributed by atoms with Crippen molar-refractivity contribution in [3.05, 3.63) is 40.5 Å². The Morgan fingerprint density at radius 3 is 2.60 bits per heavy atom. The number of hydrogen-bond acceptors (Lipinski definition) is 3. The van der Waals surface area contributed by atoms with E-state index in [0.717, 1.165) is 16.1 Å². The molecule has 1 aromatic carbocycles. The molecule has 0 saturated carbocycles. The van der Waals surface area contributed by atoms with Crippen molar-refractivity contribution in [2.75, 3.05) is 0 Å². The standard InChI is InChI=1S/C11H7ClN2S/c1-7-10(6-13)11(15-14-7)8-2-4-9(12)5-3-8/h2-5H,1H3. The highest BCUT2D eigenvalue weighted by Crippen LogP contribution is 2.30. The summed E-state index contributed by atoms with van der Waals surface area (Å²) in [6.07, 6.45) is 0. The van der Waals surface area contributed by atoms with Crippen LogP contribution in [-0.4, -0.2) is 4.37 Å². The van der Waals surface area contributed by atoms with Crippen LogP contribution in [-0.2, 0) is 0 Å². The summed E-state index contributed by atoms with van der Waals surface area (Å²) in [6, 6.07) is 9.59. The summed E-state index contributed by atoms with van der Waals surface area (Å²) in [5, 5.41) is 9.69. The number of hydrogen-bond donors (Lipinski definition) is 0. The molecule has 0 bridgehead atoms. The van der Waals surface area contributed by atoms with E-state index in [0.29, 0.717) is 10.6 Å². The molecule has 0 unspecified atom stereocenters. The minimum Gasteiger partial charge on any atom is -0.196 e. The van der Waals surface area contributed by atoms with E-state index < -0.39 is 0 Å². The number of rotatable bonds is 1. The molecule has 2 nitrogen and oxygen atoms in total. The molecule has 0 aliphatic carbocycles. The molecule has 4 heteroatoms. The first-order chi connectivity index (χ1) is 7.22. The summed E-state index contributed by atoms with van der Waals surface area (Å²) in [6.45, 7) is 1.84. The molecule has 0 aliphatic rings. The fourth-order valence-electron chi connectivity index (χ4n) is 1.30. The van der Waals surface area contributed by atoms with E-state index in [-0.39, 0.29) is 0 Å². The summed E-state index contributed by atoms with van der Waals surface area (Å²) in [5.74, 6) is 0. The van der Waals surface area contributed by atoms with E-state index in [1.54, 1.807) is 0 Å². The highest BCUT2D eigenvalue weighted by Gasteiger charge is 2.11. The highest BCUT2D eigenvalue weighted by atomic mass is 35.5. The SMILES string of the molecule is Cc1nsc(-c2ccc(Cl)cc2)c1C#N. The molecule has 0 spiro atoms. The molecular weight excluding hydrogens is 228 g/mol. The van der Waals surface area contributed by atoms with Gasteiger partial charge in [-0.1, -0.05) is 23.7 Å². The third kappa shape index (κ3) is 1.87. The van der Waals surface area contributed by atoms with Crippen molar-refractivity contribution in [3.63, 3.8) is 0 Å². The van der Waals surface area contributed by atoms with E-state index in [1.807, 2.05) is 31.2 Å². The van der Waals surface area contributed by atoms with E-state index in [4.69, 9.17) is 16.9 Å². The molecule has 1 aromatic heterocycles. The minimum atomic E-state index is 0.655. The van der Waals surface area contributed by atoms with Crippen LogP contribution in [0.3, 0.4) is 0 Å². The summed E-state index contributed by atoms with van der Waals surface area (Å²) in [7, 11) is 0. The van der Waals surface area contributed by atoms with Crippen LogP contribution in [0.5, 0.6) is 0 Å². The zero-order chi connectivity index (χ0) is 10.8. The van der Waals surface area contributed by atoms with Gasteiger partial charge in [0.1, 0.15) is 6.07 Å². The Morgan fingerprint density at radius 1 is 1.33 bits per heavy atom. The van der Waals surface area contributed by atoms with Gasteiger partial charge in [0.25, 0.3) is 0 Å². The average Bonchev–Trinajstić information content (AvgIpc) is 2.61. The third-order valence-corrected chi connectivity index (χ3v) is 3.32. The molecule has 74 valence electrons. The van der Waals surface area contributed by atoms with Crippen molar-refractivity contribution in [2.45, 2.75) is 6.92 Å². The van der Waals surface area contributed by atoms with E-state index in [1.165, 1.54) is 11.5 Å². The summed E-state index contributed by atoms with van der Waals surface area (Å²) < 4.78 is 4.17. The zero-order valence-electron chi connectivity index (χ0n) is 7.99. The summed E-state index contributed by atoms with van der Waals surface area (Å²) >= 11 is 7.14. The van der Waals surface area contributed by atoms with Crippen LogP contribution >= 0.6 is 23.1 Å². The number of nitriles is 1. The lowest BCUT2D eigenvalue weighted by Gasteiger charge is -1.97. The topological polar surface area (TPSA) is 36.7 Å². The van der Waals surface area contributed by atoms with Gasteiger partial charge in [-0.15, -0.1) is 0 Å². The summed E-state index contributed by atoms with van der Waals surface area (Å²) in [5.41, 5.74) is 2.43. The third-order valence-electron chi connectivity index (χ3n) is 2.08. The van der Waals surface area contributed by atoms with Crippen LogP contribution in [0.25, 0.3) is 10.4 Å². The Labute approximate surface area is 96.9 Å². The van der Waals surface area contributed by atoms with Gasteiger partial charge in [0.05, 0.1) is 16.1 Å². The lowest BCUT2D eigenvalue weighted by molar-refractivity contribution is 1.31. The molecule has 2 rings (SSSR count). The Balaban J connectivity index is 2.55. The van der Waals surface area contributed by atoms with Crippen molar-refractivity contribution in [1.82, 2.24) is 4.37 Å². The molecule has 0 atom stereocenters. The molecular formula is C11H7ClN2S. The van der Waals surface area contributed by atoms with Gasteiger partial charge in [-0.3, -0.25) is 0 Å². The van der Waals surface area contributed by atoms with Gasteiger partial charge in [-0.05, 0) is 36.2 Å². The molecule has 0 saturated heterocycles. The molecule has 0 aliphatic heterocycles. The van der Waals surface area contributed by atoms with Crippen LogP contribution in [0.1, 0.15) is 11.3 Å². The van der Waals surface area contributed by atoms with Crippen molar-refractivity contribution in [1.29, 1.82) is 5.26 Å². The Hall–Kier alpha value is -1.37. The van der Waals surface area contributed by atoms with Gasteiger partial charge in [0, 0.05) is 5.02 Å². The lowest BCUT2D eigenvalue weighted by atomic mass is 10.1. The number of nitrogens with zero attached hydrogens (tertiary/aromatic N) is 2. The van der Waals surface area contributed by atoms with Crippen LogP contribution in [0, 0.1) is 18.3 Å². The van der Waals surface area contributed by atoms with Gasteiger partial charge in [-0.2, -0.15) is 9.64 Å². The Kier molecular flexibility index (Phi) is 2.72. The largest absolute Gasteiger partial charge is 0.196 e. The van der Waals surface area contributed by atoms with Crippen molar-refractivity contribution in [3.8, 4) is 16.5 Å².